The fourth-order valence-corrected chi connectivity index (χ4v) is 5.62. The zero-order valence-electron chi connectivity index (χ0n) is 22.0. The number of rotatable bonds is 7. The molecule has 0 spiro atoms. The Morgan fingerprint density at radius 3 is 2.64 bits per heavy atom. The molecule has 0 bridgehead atoms. The number of carbonyl (C=O) groups is 2. The second-order valence-corrected chi connectivity index (χ2v) is 10.9. The summed E-state index contributed by atoms with van der Waals surface area (Å²) in [6.45, 7) is 9.64. The standard InChI is InChI=1S/C28H40N6O2/c1-6-25(35)30-20-13-10-14-21(15-20)31-26-22-17-34(28(2,3)23(22)16-29-26)27(36)32-24(18-33(4)5)19-11-8-7-9-12-19/h6-9,11-12,20-21,24H,1,10,13-18H2,2-5H3,(H,29,31)(H,30,35)(H,32,36)/t20-,21+,24+/m0/s1. The summed E-state index contributed by atoms with van der Waals surface area (Å²) in [5, 5.41) is 9.97. The van der Waals surface area contributed by atoms with Gasteiger partial charge in [0.25, 0.3) is 0 Å². The van der Waals surface area contributed by atoms with Gasteiger partial charge in [-0.2, -0.15) is 0 Å². The summed E-state index contributed by atoms with van der Waals surface area (Å²) in [6, 6.07) is 10.4. The maximum absolute atomic E-state index is 13.6. The SMILES string of the molecule is C=CC(=O)N[C@H]1CCC[C@@H](NC2=NCC3=C2CN(C(=O)N[C@H](CN(C)C)c2ccccc2)C3(C)C)C1. The lowest BCUT2D eigenvalue weighted by Crippen LogP contribution is -2.52. The second-order valence-electron chi connectivity index (χ2n) is 10.9. The van der Waals surface area contributed by atoms with E-state index < -0.39 is 5.54 Å². The molecular formula is C28H40N6O2. The van der Waals surface area contributed by atoms with Crippen molar-refractivity contribution < 1.29 is 9.59 Å². The van der Waals surface area contributed by atoms with Gasteiger partial charge in [0.1, 0.15) is 5.84 Å². The molecular weight excluding hydrogens is 452 g/mol. The van der Waals surface area contributed by atoms with Gasteiger partial charge in [0.15, 0.2) is 0 Å². The van der Waals surface area contributed by atoms with Gasteiger partial charge >= 0.3 is 6.03 Å². The van der Waals surface area contributed by atoms with E-state index in [1.165, 1.54) is 11.6 Å². The third-order valence-electron chi connectivity index (χ3n) is 7.61. The first-order valence-electron chi connectivity index (χ1n) is 12.9. The van der Waals surface area contributed by atoms with Gasteiger partial charge in [0, 0.05) is 24.2 Å². The Hall–Kier alpha value is -3.13. The lowest BCUT2D eigenvalue weighted by atomic mass is 9.90. The van der Waals surface area contributed by atoms with Gasteiger partial charge in [0.05, 0.1) is 24.7 Å². The zero-order chi connectivity index (χ0) is 25.9. The number of hydrogen-bond donors (Lipinski definition) is 3. The Bertz CT molecular complexity index is 1050. The average molecular weight is 493 g/mol. The van der Waals surface area contributed by atoms with Gasteiger partial charge in [-0.15, -0.1) is 0 Å². The van der Waals surface area contributed by atoms with Crippen molar-refractivity contribution in [1.82, 2.24) is 25.8 Å². The molecule has 1 fully saturated rings. The topological polar surface area (TPSA) is 89.1 Å². The first-order valence-corrected chi connectivity index (χ1v) is 12.9. The third-order valence-corrected chi connectivity index (χ3v) is 7.61. The third kappa shape index (κ3) is 5.64. The van der Waals surface area contributed by atoms with Crippen LogP contribution in [-0.4, -0.2) is 78.9 Å². The van der Waals surface area contributed by atoms with Crippen LogP contribution in [0.15, 0.2) is 59.1 Å². The van der Waals surface area contributed by atoms with E-state index in [0.717, 1.165) is 49.2 Å². The number of amidine groups is 1. The number of urea groups is 1. The second kappa shape index (κ2) is 10.9. The Morgan fingerprint density at radius 1 is 1.22 bits per heavy atom. The molecule has 1 aliphatic carbocycles. The van der Waals surface area contributed by atoms with E-state index in [0.29, 0.717) is 13.1 Å². The van der Waals surface area contributed by atoms with Gasteiger partial charge in [-0.25, -0.2) is 4.79 Å². The Labute approximate surface area is 214 Å². The molecule has 1 aromatic rings. The van der Waals surface area contributed by atoms with Crippen LogP contribution in [0, 0.1) is 0 Å². The Morgan fingerprint density at radius 2 is 1.94 bits per heavy atom. The predicted octanol–water partition coefficient (Wildman–Crippen LogP) is 3.00. The van der Waals surface area contributed by atoms with Crippen molar-refractivity contribution in [3.63, 3.8) is 0 Å². The van der Waals surface area contributed by atoms with Crippen molar-refractivity contribution in [2.75, 3.05) is 33.7 Å². The van der Waals surface area contributed by atoms with Gasteiger partial charge in [-0.05, 0) is 70.8 Å². The van der Waals surface area contributed by atoms with Crippen molar-refractivity contribution in [3.8, 4) is 0 Å². The number of amides is 3. The summed E-state index contributed by atoms with van der Waals surface area (Å²) in [5.41, 5.74) is 3.02. The maximum Gasteiger partial charge on any atom is 0.318 e. The van der Waals surface area contributed by atoms with Crippen LogP contribution in [0.4, 0.5) is 4.79 Å². The fourth-order valence-electron chi connectivity index (χ4n) is 5.62. The van der Waals surface area contributed by atoms with Crippen molar-refractivity contribution in [1.29, 1.82) is 0 Å². The first kappa shape index (κ1) is 25.9. The van der Waals surface area contributed by atoms with Crippen LogP contribution in [0.1, 0.15) is 51.1 Å². The van der Waals surface area contributed by atoms with Crippen molar-refractivity contribution >= 4 is 17.8 Å². The highest BCUT2D eigenvalue weighted by molar-refractivity contribution is 6.03. The van der Waals surface area contributed by atoms with E-state index in [1.54, 1.807) is 0 Å². The summed E-state index contributed by atoms with van der Waals surface area (Å²) < 4.78 is 0. The minimum absolute atomic E-state index is 0.0608. The molecule has 8 heteroatoms. The molecule has 0 aromatic heterocycles. The first-order chi connectivity index (χ1) is 17.2. The Kier molecular flexibility index (Phi) is 7.83. The smallest absolute Gasteiger partial charge is 0.318 e. The van der Waals surface area contributed by atoms with Gasteiger partial charge < -0.3 is 25.8 Å². The molecule has 1 aromatic carbocycles. The predicted molar refractivity (Wildman–Crippen MR) is 144 cm³/mol. The molecule has 3 amide bonds. The summed E-state index contributed by atoms with van der Waals surface area (Å²) in [4.78, 5) is 34.2. The summed E-state index contributed by atoms with van der Waals surface area (Å²) in [7, 11) is 4.04. The van der Waals surface area contributed by atoms with E-state index in [4.69, 9.17) is 4.99 Å². The summed E-state index contributed by atoms with van der Waals surface area (Å²) in [5.74, 6) is 0.785. The lowest BCUT2D eigenvalue weighted by molar-refractivity contribution is -0.117. The molecule has 3 N–H and O–H groups in total. The van der Waals surface area contributed by atoms with E-state index in [9.17, 15) is 9.59 Å². The number of carbonyl (C=O) groups excluding carboxylic acids is 2. The summed E-state index contributed by atoms with van der Waals surface area (Å²) in [6.07, 6.45) is 5.26. The van der Waals surface area contributed by atoms with Gasteiger partial charge in [-0.1, -0.05) is 36.9 Å². The van der Waals surface area contributed by atoms with Crippen molar-refractivity contribution in [3.05, 3.63) is 59.7 Å². The van der Waals surface area contributed by atoms with Crippen LogP contribution in [0.3, 0.4) is 0 Å². The van der Waals surface area contributed by atoms with Crippen LogP contribution in [0.25, 0.3) is 0 Å². The minimum atomic E-state index is -0.418. The molecule has 2 heterocycles. The van der Waals surface area contributed by atoms with E-state index in [2.05, 4.69) is 53.4 Å². The quantitative estimate of drug-likeness (QED) is 0.511. The molecule has 0 unspecified atom stereocenters. The average Bonchev–Trinajstić information content (AvgIpc) is 3.36. The lowest BCUT2D eigenvalue weighted by Gasteiger charge is -2.36. The molecule has 0 radical (unpaired) electrons. The number of nitrogens with one attached hydrogen (secondary N) is 3. The molecule has 3 aliphatic rings. The number of nitrogens with zero attached hydrogens (tertiary/aromatic N) is 3. The molecule has 194 valence electrons. The van der Waals surface area contributed by atoms with Crippen LogP contribution in [0.2, 0.25) is 0 Å². The molecule has 4 rings (SSSR count). The molecule has 1 saturated carbocycles. The molecule has 36 heavy (non-hydrogen) atoms. The zero-order valence-corrected chi connectivity index (χ0v) is 22.0. The Balaban J connectivity index is 1.42. The highest BCUT2D eigenvalue weighted by atomic mass is 16.2. The van der Waals surface area contributed by atoms with Crippen LogP contribution in [0.5, 0.6) is 0 Å². The van der Waals surface area contributed by atoms with Crippen LogP contribution >= 0.6 is 0 Å². The fraction of sp³-hybridized carbons (Fsp3) is 0.536. The number of hydrogen-bond acceptors (Lipinski definition) is 5. The number of benzene rings is 1. The van der Waals surface area contributed by atoms with E-state index in [-0.39, 0.29) is 30.1 Å². The van der Waals surface area contributed by atoms with Crippen LogP contribution < -0.4 is 16.0 Å². The minimum Gasteiger partial charge on any atom is -0.367 e. The molecule has 8 nitrogen and oxygen atoms in total. The number of aliphatic imine (C=N–C) groups is 1. The van der Waals surface area contributed by atoms with Crippen molar-refractivity contribution in [2.24, 2.45) is 4.99 Å². The normalized spacial score (nSPS) is 23.7. The van der Waals surface area contributed by atoms with Crippen LogP contribution in [-0.2, 0) is 4.79 Å². The number of likely N-dealkylation sites (N-methyl/N-ethyl adjacent to an activating group) is 1. The van der Waals surface area contributed by atoms with Crippen molar-refractivity contribution in [2.45, 2.75) is 63.2 Å². The monoisotopic (exact) mass is 492 g/mol. The van der Waals surface area contributed by atoms with E-state index >= 15 is 0 Å². The van der Waals surface area contributed by atoms with Gasteiger partial charge in [-0.3, -0.25) is 9.79 Å². The highest BCUT2D eigenvalue weighted by Crippen LogP contribution is 2.38. The van der Waals surface area contributed by atoms with E-state index in [1.807, 2.05) is 37.2 Å². The maximum atomic E-state index is 13.6. The highest BCUT2D eigenvalue weighted by Gasteiger charge is 2.46. The molecule has 0 saturated heterocycles. The molecule has 3 atom stereocenters. The molecule has 2 aliphatic heterocycles. The summed E-state index contributed by atoms with van der Waals surface area (Å²) >= 11 is 0. The van der Waals surface area contributed by atoms with Gasteiger partial charge in [0.2, 0.25) is 5.91 Å². The largest absolute Gasteiger partial charge is 0.367 e.